The fourth-order valence-corrected chi connectivity index (χ4v) is 2.78. The maximum atomic E-state index is 12.4. The summed E-state index contributed by atoms with van der Waals surface area (Å²) in [6.45, 7) is 0.550. The molecule has 0 aliphatic rings. The predicted molar refractivity (Wildman–Crippen MR) is 97.4 cm³/mol. The van der Waals surface area contributed by atoms with E-state index in [9.17, 15) is 4.79 Å². The Morgan fingerprint density at radius 1 is 0.957 bits per heavy atom. The Labute approximate surface area is 147 Å². The Balaban J connectivity index is 2.02. The molecule has 23 heavy (non-hydrogen) atoms. The van der Waals surface area contributed by atoms with Gasteiger partial charge in [0.2, 0.25) is 5.91 Å². The minimum Gasteiger partial charge on any atom is -0.378 e. The van der Waals surface area contributed by atoms with E-state index in [0.717, 1.165) is 11.3 Å². The Morgan fingerprint density at radius 2 is 1.52 bits per heavy atom. The fourth-order valence-electron chi connectivity index (χ4n) is 2.25. The summed E-state index contributed by atoms with van der Waals surface area (Å²) in [6.07, 6.45) is 0.199. The highest BCUT2D eigenvalue weighted by Crippen LogP contribution is 2.25. The third-order valence-corrected chi connectivity index (χ3v) is 4.40. The van der Waals surface area contributed by atoms with Crippen molar-refractivity contribution in [1.29, 1.82) is 0 Å². The van der Waals surface area contributed by atoms with Gasteiger partial charge in [0.1, 0.15) is 0 Å². The zero-order chi connectivity index (χ0) is 17.0. The maximum absolute atomic E-state index is 12.4. The molecular weight excluding hydrogens is 331 g/mol. The van der Waals surface area contributed by atoms with Gasteiger partial charge in [0.25, 0.3) is 0 Å². The van der Waals surface area contributed by atoms with Crippen LogP contribution in [0.4, 0.5) is 5.69 Å². The number of nitrogens with zero attached hydrogens (tertiary/aromatic N) is 2. The molecule has 0 unspecified atom stereocenters. The van der Waals surface area contributed by atoms with Gasteiger partial charge in [-0.25, -0.2) is 0 Å². The van der Waals surface area contributed by atoms with Crippen molar-refractivity contribution in [3.63, 3.8) is 0 Å². The van der Waals surface area contributed by atoms with Crippen molar-refractivity contribution in [2.75, 3.05) is 26.0 Å². The number of hydrogen-bond acceptors (Lipinski definition) is 2. The summed E-state index contributed by atoms with van der Waals surface area (Å²) in [4.78, 5) is 16.1. The Morgan fingerprint density at radius 3 is 2.04 bits per heavy atom. The molecule has 2 aromatic rings. The number of hydrogen-bond donors (Lipinski definition) is 0. The number of carbonyl (C=O) groups excluding carboxylic acids is 1. The van der Waals surface area contributed by atoms with Gasteiger partial charge in [-0.2, -0.15) is 0 Å². The van der Waals surface area contributed by atoms with E-state index in [1.807, 2.05) is 43.3 Å². The average molecular weight is 351 g/mol. The molecule has 3 nitrogen and oxygen atoms in total. The largest absolute Gasteiger partial charge is 0.378 e. The summed E-state index contributed by atoms with van der Waals surface area (Å²) in [5.41, 5.74) is 2.89. The molecule has 0 N–H and O–H groups in total. The molecule has 2 aromatic carbocycles. The smallest absolute Gasteiger partial charge is 0.227 e. The van der Waals surface area contributed by atoms with Crippen LogP contribution in [0, 0.1) is 0 Å². The second-order valence-corrected chi connectivity index (χ2v) is 6.50. The molecule has 0 bridgehead atoms. The Hall–Kier alpha value is -1.71. The van der Waals surface area contributed by atoms with Crippen LogP contribution in [-0.4, -0.2) is 32.0 Å². The molecule has 5 heteroatoms. The predicted octanol–water partition coefficient (Wildman–Crippen LogP) is 4.26. The van der Waals surface area contributed by atoms with Gasteiger partial charge in [0, 0.05) is 43.4 Å². The van der Waals surface area contributed by atoms with Gasteiger partial charge >= 0.3 is 0 Å². The third kappa shape index (κ3) is 4.63. The van der Waals surface area contributed by atoms with Gasteiger partial charge < -0.3 is 9.80 Å². The topological polar surface area (TPSA) is 23.6 Å². The molecule has 1 amide bonds. The minimum atomic E-state index is -0.0170. The molecule has 0 heterocycles. The number of amides is 1. The van der Waals surface area contributed by atoms with Crippen LogP contribution in [0.5, 0.6) is 0 Å². The highest BCUT2D eigenvalue weighted by molar-refractivity contribution is 6.36. The maximum Gasteiger partial charge on any atom is 0.227 e. The van der Waals surface area contributed by atoms with Gasteiger partial charge in [-0.05, 0) is 35.4 Å². The molecule has 122 valence electrons. The SMILES string of the molecule is CN(Cc1ccc(N(C)C)cc1)C(=O)Cc1c(Cl)cccc1Cl. The van der Waals surface area contributed by atoms with Crippen LogP contribution in [-0.2, 0) is 17.8 Å². The van der Waals surface area contributed by atoms with Crippen molar-refractivity contribution in [1.82, 2.24) is 4.90 Å². The fraction of sp³-hybridized carbons (Fsp3) is 0.278. The third-order valence-electron chi connectivity index (χ3n) is 3.69. The van der Waals surface area contributed by atoms with Crippen LogP contribution < -0.4 is 4.90 Å². The first kappa shape index (κ1) is 17.6. The van der Waals surface area contributed by atoms with E-state index in [2.05, 4.69) is 0 Å². The van der Waals surface area contributed by atoms with E-state index in [0.29, 0.717) is 22.2 Å². The molecule has 0 atom stereocenters. The van der Waals surface area contributed by atoms with E-state index in [1.54, 1.807) is 30.1 Å². The number of rotatable bonds is 5. The lowest BCUT2D eigenvalue weighted by Gasteiger charge is -2.19. The highest BCUT2D eigenvalue weighted by atomic mass is 35.5. The summed E-state index contributed by atoms with van der Waals surface area (Å²) in [5, 5.41) is 1.05. The lowest BCUT2D eigenvalue weighted by Crippen LogP contribution is -2.27. The summed E-state index contributed by atoms with van der Waals surface area (Å²) >= 11 is 12.3. The minimum absolute atomic E-state index is 0.0170. The van der Waals surface area contributed by atoms with E-state index in [4.69, 9.17) is 23.2 Å². The number of benzene rings is 2. The number of halogens is 2. The van der Waals surface area contributed by atoms with Gasteiger partial charge in [0.15, 0.2) is 0 Å². The van der Waals surface area contributed by atoms with Crippen LogP contribution in [0.15, 0.2) is 42.5 Å². The zero-order valence-corrected chi connectivity index (χ0v) is 15.0. The van der Waals surface area contributed by atoms with Gasteiger partial charge in [-0.1, -0.05) is 41.4 Å². The number of likely N-dealkylation sites (N-methyl/N-ethyl adjacent to an activating group) is 1. The summed E-state index contributed by atoms with van der Waals surface area (Å²) in [6, 6.07) is 13.4. The van der Waals surface area contributed by atoms with Crippen LogP contribution >= 0.6 is 23.2 Å². The first-order chi connectivity index (χ1) is 10.9. The Kier molecular flexibility index (Phi) is 5.91. The van der Waals surface area contributed by atoms with E-state index in [-0.39, 0.29) is 12.3 Å². The molecule has 0 saturated heterocycles. The van der Waals surface area contributed by atoms with Gasteiger partial charge in [-0.15, -0.1) is 0 Å². The summed E-state index contributed by atoms with van der Waals surface area (Å²) in [7, 11) is 5.78. The molecule has 0 aliphatic heterocycles. The molecular formula is C18H20Cl2N2O. The number of carbonyl (C=O) groups is 1. The first-order valence-electron chi connectivity index (χ1n) is 7.31. The Bertz CT molecular complexity index is 664. The van der Waals surface area contributed by atoms with Crippen LogP contribution in [0.25, 0.3) is 0 Å². The second kappa shape index (κ2) is 7.71. The van der Waals surface area contributed by atoms with Crippen molar-refractivity contribution >= 4 is 34.8 Å². The first-order valence-corrected chi connectivity index (χ1v) is 8.07. The normalized spacial score (nSPS) is 10.5. The van der Waals surface area contributed by atoms with Gasteiger partial charge in [0.05, 0.1) is 6.42 Å². The lowest BCUT2D eigenvalue weighted by atomic mass is 10.1. The quantitative estimate of drug-likeness (QED) is 0.804. The summed E-state index contributed by atoms with van der Waals surface area (Å²) in [5.74, 6) is -0.0170. The molecule has 2 rings (SSSR count). The highest BCUT2D eigenvalue weighted by Gasteiger charge is 2.14. The molecule has 0 aromatic heterocycles. The van der Waals surface area contributed by atoms with E-state index >= 15 is 0 Å². The molecule has 0 aliphatic carbocycles. The zero-order valence-electron chi connectivity index (χ0n) is 13.5. The van der Waals surface area contributed by atoms with Crippen molar-refractivity contribution in [2.24, 2.45) is 0 Å². The van der Waals surface area contributed by atoms with Crippen LogP contribution in [0.3, 0.4) is 0 Å². The van der Waals surface area contributed by atoms with Crippen molar-refractivity contribution < 1.29 is 4.79 Å². The van der Waals surface area contributed by atoms with Crippen LogP contribution in [0.1, 0.15) is 11.1 Å². The molecule has 0 radical (unpaired) electrons. The number of anilines is 1. The molecule has 0 saturated carbocycles. The van der Waals surface area contributed by atoms with Crippen molar-refractivity contribution in [3.8, 4) is 0 Å². The van der Waals surface area contributed by atoms with E-state index < -0.39 is 0 Å². The molecule has 0 spiro atoms. The average Bonchev–Trinajstić information content (AvgIpc) is 2.51. The summed E-state index contributed by atoms with van der Waals surface area (Å²) < 4.78 is 0. The van der Waals surface area contributed by atoms with E-state index in [1.165, 1.54) is 0 Å². The van der Waals surface area contributed by atoms with Crippen molar-refractivity contribution in [3.05, 3.63) is 63.6 Å². The van der Waals surface area contributed by atoms with Crippen molar-refractivity contribution in [2.45, 2.75) is 13.0 Å². The standard InChI is InChI=1S/C18H20Cl2N2O/c1-21(2)14-9-7-13(8-10-14)12-22(3)18(23)11-15-16(19)5-4-6-17(15)20/h4-10H,11-12H2,1-3H3. The monoisotopic (exact) mass is 350 g/mol. The lowest BCUT2D eigenvalue weighted by molar-refractivity contribution is -0.129. The van der Waals surface area contributed by atoms with Crippen LogP contribution in [0.2, 0.25) is 10.0 Å². The molecule has 0 fully saturated rings. The second-order valence-electron chi connectivity index (χ2n) is 5.69. The van der Waals surface area contributed by atoms with Gasteiger partial charge in [-0.3, -0.25) is 4.79 Å².